The van der Waals surface area contributed by atoms with Crippen LogP contribution in [0.1, 0.15) is 41.7 Å². The third kappa shape index (κ3) is 3.28. The molecule has 1 saturated heterocycles. The number of imide groups is 1. The minimum absolute atomic E-state index is 0.0158. The normalized spacial score (nSPS) is 27.7. The Labute approximate surface area is 235 Å². The zero-order valence-corrected chi connectivity index (χ0v) is 22.9. The van der Waals surface area contributed by atoms with Gasteiger partial charge in [0, 0.05) is 5.02 Å². The number of ether oxygens (including phenoxy) is 1. The molecule has 3 atom stereocenters. The third-order valence-electron chi connectivity index (χ3n) is 8.06. The Balaban J connectivity index is 1.42. The fourth-order valence-corrected chi connectivity index (χ4v) is 7.68. The van der Waals surface area contributed by atoms with E-state index in [9.17, 15) is 14.4 Å². The molecule has 0 spiro atoms. The smallest absolute Gasteiger partial charge is 0.329 e. The number of esters is 1. The van der Waals surface area contributed by atoms with Gasteiger partial charge in [0.15, 0.2) is 0 Å². The second-order valence-corrected chi connectivity index (χ2v) is 12.1. The van der Waals surface area contributed by atoms with Gasteiger partial charge in [-0.3, -0.25) is 14.5 Å². The standard InChI is InChI=1S/C30H24Cl3NO4/c1-16(2)25(28(37)38-15-17-11-13-18(31)14-12-17)34-26(35)23-24(27(34)36)30(33)20-8-4-3-7-19(20)29(23,32)21-9-5-6-10-22(21)30/h3-14,16,23-25H,15H2,1-2H3/t23-,24-,25-,29?,30?/m0/s1. The number of rotatable bonds is 5. The number of likely N-dealkylation sites (tertiary alicyclic amines) is 1. The predicted octanol–water partition coefficient (Wildman–Crippen LogP) is 6.00. The van der Waals surface area contributed by atoms with Crippen LogP contribution in [-0.2, 0) is 35.5 Å². The maximum atomic E-state index is 14.2. The van der Waals surface area contributed by atoms with Crippen LogP contribution in [0.5, 0.6) is 0 Å². The van der Waals surface area contributed by atoms with Gasteiger partial charge in [0.05, 0.1) is 11.8 Å². The largest absolute Gasteiger partial charge is 0.459 e. The van der Waals surface area contributed by atoms with E-state index < -0.39 is 51.3 Å². The molecule has 1 aliphatic heterocycles. The first-order valence-electron chi connectivity index (χ1n) is 12.5. The molecule has 0 aromatic heterocycles. The Morgan fingerprint density at radius 3 is 1.63 bits per heavy atom. The van der Waals surface area contributed by atoms with E-state index in [4.69, 9.17) is 39.5 Å². The summed E-state index contributed by atoms with van der Waals surface area (Å²) in [5, 5.41) is 0.567. The van der Waals surface area contributed by atoms with Gasteiger partial charge in [-0.05, 0) is 45.9 Å². The third-order valence-corrected chi connectivity index (χ3v) is 9.60. The van der Waals surface area contributed by atoms with Gasteiger partial charge in [-0.1, -0.05) is 86.1 Å². The van der Waals surface area contributed by atoms with Gasteiger partial charge in [-0.2, -0.15) is 0 Å². The number of nitrogens with zero attached hydrogens (tertiary/aromatic N) is 1. The molecule has 0 radical (unpaired) electrons. The molecular weight excluding hydrogens is 545 g/mol. The molecule has 1 heterocycles. The van der Waals surface area contributed by atoms with Crippen LogP contribution in [0.15, 0.2) is 72.8 Å². The van der Waals surface area contributed by atoms with E-state index in [0.29, 0.717) is 27.3 Å². The first kappa shape index (κ1) is 25.4. The van der Waals surface area contributed by atoms with Crippen molar-refractivity contribution in [1.82, 2.24) is 4.90 Å². The summed E-state index contributed by atoms with van der Waals surface area (Å²) in [7, 11) is 0. The van der Waals surface area contributed by atoms with E-state index in [1.165, 1.54) is 0 Å². The zero-order valence-electron chi connectivity index (χ0n) is 20.7. The average molecular weight is 569 g/mol. The van der Waals surface area contributed by atoms with Crippen molar-refractivity contribution in [2.45, 2.75) is 36.2 Å². The van der Waals surface area contributed by atoms with Gasteiger partial charge in [-0.25, -0.2) is 4.79 Å². The molecule has 194 valence electrons. The molecule has 1 fully saturated rings. The van der Waals surface area contributed by atoms with Gasteiger partial charge in [0.2, 0.25) is 11.8 Å². The number of halogens is 3. The van der Waals surface area contributed by atoms with Crippen molar-refractivity contribution < 1.29 is 19.1 Å². The monoisotopic (exact) mass is 567 g/mol. The summed E-state index contributed by atoms with van der Waals surface area (Å²) in [6, 6.07) is 20.7. The molecule has 3 aliphatic carbocycles. The number of benzene rings is 3. The molecule has 0 N–H and O–H groups in total. The number of hydrogen-bond acceptors (Lipinski definition) is 4. The fourth-order valence-electron chi connectivity index (χ4n) is 6.46. The summed E-state index contributed by atoms with van der Waals surface area (Å²) in [4.78, 5) is 40.3. The molecule has 2 amide bonds. The van der Waals surface area contributed by atoms with Crippen LogP contribution >= 0.6 is 34.8 Å². The van der Waals surface area contributed by atoms with Crippen molar-refractivity contribution in [2.75, 3.05) is 0 Å². The molecule has 38 heavy (non-hydrogen) atoms. The first-order valence-corrected chi connectivity index (χ1v) is 13.6. The van der Waals surface area contributed by atoms with Crippen molar-refractivity contribution >= 4 is 52.6 Å². The summed E-state index contributed by atoms with van der Waals surface area (Å²) in [5.41, 5.74) is 3.59. The summed E-state index contributed by atoms with van der Waals surface area (Å²) in [5.74, 6) is -4.02. The van der Waals surface area contributed by atoms with Gasteiger partial charge in [0.1, 0.15) is 22.4 Å². The lowest BCUT2D eigenvalue weighted by molar-refractivity contribution is -0.162. The fraction of sp³-hybridized carbons (Fsp3) is 0.300. The second-order valence-electron chi connectivity index (χ2n) is 10.4. The number of carbonyl (C=O) groups is 3. The van der Waals surface area contributed by atoms with E-state index in [0.717, 1.165) is 10.5 Å². The minimum atomic E-state index is -1.30. The maximum Gasteiger partial charge on any atom is 0.329 e. The Morgan fingerprint density at radius 1 is 0.816 bits per heavy atom. The highest BCUT2D eigenvalue weighted by Crippen LogP contribution is 2.69. The molecule has 2 bridgehead atoms. The summed E-state index contributed by atoms with van der Waals surface area (Å²) in [6.07, 6.45) is 0. The van der Waals surface area contributed by atoms with Gasteiger partial charge < -0.3 is 4.74 Å². The average Bonchev–Trinajstić information content (AvgIpc) is 3.18. The number of hydrogen-bond donors (Lipinski definition) is 0. The molecule has 0 saturated carbocycles. The van der Waals surface area contributed by atoms with Crippen molar-refractivity contribution in [3.8, 4) is 0 Å². The molecule has 5 nitrogen and oxygen atoms in total. The van der Waals surface area contributed by atoms with Crippen LogP contribution in [0.25, 0.3) is 0 Å². The minimum Gasteiger partial charge on any atom is -0.459 e. The van der Waals surface area contributed by atoms with Crippen molar-refractivity contribution in [3.05, 3.63) is 106 Å². The van der Waals surface area contributed by atoms with Crippen molar-refractivity contribution in [2.24, 2.45) is 17.8 Å². The molecule has 0 unspecified atom stereocenters. The molecule has 3 aromatic rings. The van der Waals surface area contributed by atoms with Crippen LogP contribution in [0.4, 0.5) is 0 Å². The van der Waals surface area contributed by atoms with E-state index in [2.05, 4.69) is 0 Å². The Hall–Kier alpha value is -2.86. The Morgan fingerprint density at radius 2 is 1.24 bits per heavy atom. The number of alkyl halides is 2. The predicted molar refractivity (Wildman–Crippen MR) is 145 cm³/mol. The lowest BCUT2D eigenvalue weighted by Gasteiger charge is -2.54. The van der Waals surface area contributed by atoms with Crippen LogP contribution in [0.3, 0.4) is 0 Å². The van der Waals surface area contributed by atoms with Crippen molar-refractivity contribution in [1.29, 1.82) is 0 Å². The summed E-state index contributed by atoms with van der Waals surface area (Å²) >= 11 is 20.9. The first-order chi connectivity index (χ1) is 18.1. The topological polar surface area (TPSA) is 63.7 Å². The summed E-state index contributed by atoms with van der Waals surface area (Å²) < 4.78 is 5.60. The molecule has 4 aliphatic rings. The zero-order chi connectivity index (χ0) is 27.0. The quantitative estimate of drug-likeness (QED) is 0.215. The second kappa shape index (κ2) is 8.84. The van der Waals surface area contributed by atoms with Crippen LogP contribution < -0.4 is 0 Å². The highest BCUT2D eigenvalue weighted by molar-refractivity contribution is 6.36. The molecule has 3 aromatic carbocycles. The van der Waals surface area contributed by atoms with E-state index in [-0.39, 0.29) is 6.61 Å². The number of carbonyl (C=O) groups excluding carboxylic acids is 3. The van der Waals surface area contributed by atoms with Crippen LogP contribution in [0, 0.1) is 17.8 Å². The van der Waals surface area contributed by atoms with E-state index in [1.807, 2.05) is 48.5 Å². The maximum absolute atomic E-state index is 14.2. The highest BCUT2D eigenvalue weighted by atomic mass is 35.5. The Bertz CT molecular complexity index is 1360. The van der Waals surface area contributed by atoms with Gasteiger partial charge >= 0.3 is 5.97 Å². The summed E-state index contributed by atoms with van der Waals surface area (Å²) in [6.45, 7) is 3.54. The van der Waals surface area contributed by atoms with Crippen LogP contribution in [-0.4, -0.2) is 28.7 Å². The molecular formula is C30H24Cl3NO4. The SMILES string of the molecule is CC(C)[C@@H](C(=O)OCc1ccc(Cl)cc1)N1C(=O)[C@@H]2[C@@H](C1=O)C1(Cl)c3ccccc3C2(Cl)c2ccccc21. The van der Waals surface area contributed by atoms with Gasteiger partial charge in [0.25, 0.3) is 0 Å². The number of amides is 2. The van der Waals surface area contributed by atoms with E-state index in [1.54, 1.807) is 38.1 Å². The highest BCUT2D eigenvalue weighted by Gasteiger charge is 2.74. The van der Waals surface area contributed by atoms with E-state index >= 15 is 0 Å². The Kier molecular flexibility index (Phi) is 5.91. The molecule has 7 rings (SSSR count). The van der Waals surface area contributed by atoms with Crippen LogP contribution in [0.2, 0.25) is 5.02 Å². The van der Waals surface area contributed by atoms with Crippen molar-refractivity contribution in [3.63, 3.8) is 0 Å². The lowest BCUT2D eigenvalue weighted by Crippen LogP contribution is -2.57. The molecule has 8 heteroatoms. The van der Waals surface area contributed by atoms with Gasteiger partial charge in [-0.15, -0.1) is 23.2 Å². The lowest BCUT2D eigenvalue weighted by atomic mass is 9.54.